The fourth-order valence-corrected chi connectivity index (χ4v) is 2.02. The first kappa shape index (κ1) is 13.3. The molecule has 0 radical (unpaired) electrons. The number of aromatic nitrogens is 3. The quantitative estimate of drug-likeness (QED) is 0.893. The highest BCUT2D eigenvalue weighted by atomic mass is 16.4. The van der Waals surface area contributed by atoms with Crippen molar-refractivity contribution in [3.63, 3.8) is 0 Å². The summed E-state index contributed by atoms with van der Waals surface area (Å²) in [6.45, 7) is 4.06. The Morgan fingerprint density at radius 2 is 2.21 bits per heavy atom. The van der Waals surface area contributed by atoms with Gasteiger partial charge in [0.2, 0.25) is 0 Å². The monoisotopic (exact) mass is 259 g/mol. The summed E-state index contributed by atoms with van der Waals surface area (Å²) in [5.74, 6) is 0.124. The van der Waals surface area contributed by atoms with Gasteiger partial charge in [-0.25, -0.2) is 0 Å². The highest BCUT2D eigenvalue weighted by Crippen LogP contribution is 2.18. The number of aryl methyl sites for hydroxylation is 3. The van der Waals surface area contributed by atoms with Gasteiger partial charge in [0.25, 0.3) is 0 Å². The van der Waals surface area contributed by atoms with E-state index < -0.39 is 5.97 Å². The molecule has 19 heavy (non-hydrogen) atoms. The minimum Gasteiger partial charge on any atom is -0.481 e. The summed E-state index contributed by atoms with van der Waals surface area (Å²) < 4.78 is 1.96. The standard InChI is InChI=1S/C14H17N3O2/c1-3-13-16-15-9-17(13)12-8-11(5-4-10(12)2)6-7-14(18)19/h4-5,8-9H,3,6-7H2,1-2H3,(H,18,19). The molecule has 5 nitrogen and oxygen atoms in total. The molecule has 5 heteroatoms. The third-order valence-electron chi connectivity index (χ3n) is 3.10. The van der Waals surface area contributed by atoms with Crippen LogP contribution in [0.5, 0.6) is 0 Å². The van der Waals surface area contributed by atoms with Crippen molar-refractivity contribution in [1.82, 2.24) is 14.8 Å². The summed E-state index contributed by atoms with van der Waals surface area (Å²) in [5, 5.41) is 16.7. The van der Waals surface area contributed by atoms with E-state index in [1.54, 1.807) is 6.33 Å². The Hall–Kier alpha value is -2.17. The normalized spacial score (nSPS) is 10.6. The average Bonchev–Trinajstić information content (AvgIpc) is 2.85. The third-order valence-corrected chi connectivity index (χ3v) is 3.10. The van der Waals surface area contributed by atoms with Gasteiger partial charge in [-0.1, -0.05) is 19.1 Å². The maximum Gasteiger partial charge on any atom is 0.303 e. The molecular weight excluding hydrogens is 242 g/mol. The predicted octanol–water partition coefficient (Wildman–Crippen LogP) is 2.16. The van der Waals surface area contributed by atoms with Crippen molar-refractivity contribution in [2.75, 3.05) is 0 Å². The largest absolute Gasteiger partial charge is 0.481 e. The molecule has 0 aliphatic rings. The Labute approximate surface area is 111 Å². The van der Waals surface area contributed by atoms with Gasteiger partial charge in [0.15, 0.2) is 0 Å². The summed E-state index contributed by atoms with van der Waals surface area (Å²) in [6.07, 6.45) is 3.18. The number of benzene rings is 1. The van der Waals surface area contributed by atoms with Gasteiger partial charge in [-0.2, -0.15) is 0 Å². The molecule has 0 atom stereocenters. The SMILES string of the molecule is CCc1nncn1-c1cc(CCC(=O)O)ccc1C. The van der Waals surface area contributed by atoms with E-state index >= 15 is 0 Å². The molecule has 1 aromatic heterocycles. The lowest BCUT2D eigenvalue weighted by molar-refractivity contribution is -0.136. The highest BCUT2D eigenvalue weighted by molar-refractivity contribution is 5.67. The van der Waals surface area contributed by atoms with Gasteiger partial charge < -0.3 is 5.11 Å². The first-order chi connectivity index (χ1) is 9.11. The molecule has 0 fully saturated rings. The van der Waals surface area contributed by atoms with Crippen LogP contribution < -0.4 is 0 Å². The van der Waals surface area contributed by atoms with Crippen LogP contribution in [0.15, 0.2) is 24.5 Å². The van der Waals surface area contributed by atoms with Gasteiger partial charge in [-0.3, -0.25) is 9.36 Å². The molecule has 0 unspecified atom stereocenters. The molecule has 0 saturated heterocycles. The number of carbonyl (C=O) groups is 1. The van der Waals surface area contributed by atoms with E-state index in [0.717, 1.165) is 29.1 Å². The second kappa shape index (κ2) is 5.65. The van der Waals surface area contributed by atoms with Gasteiger partial charge in [-0.15, -0.1) is 10.2 Å². The zero-order valence-corrected chi connectivity index (χ0v) is 11.1. The van der Waals surface area contributed by atoms with E-state index in [2.05, 4.69) is 10.2 Å². The Balaban J connectivity index is 2.34. The zero-order valence-electron chi connectivity index (χ0n) is 11.1. The number of carboxylic acids is 1. The Morgan fingerprint density at radius 1 is 1.42 bits per heavy atom. The van der Waals surface area contributed by atoms with Crippen LogP contribution in [0, 0.1) is 6.92 Å². The lowest BCUT2D eigenvalue weighted by atomic mass is 10.1. The summed E-state index contributed by atoms with van der Waals surface area (Å²) >= 11 is 0. The zero-order chi connectivity index (χ0) is 13.8. The maximum atomic E-state index is 10.6. The summed E-state index contributed by atoms with van der Waals surface area (Å²) in [4.78, 5) is 10.6. The van der Waals surface area contributed by atoms with E-state index in [-0.39, 0.29) is 6.42 Å². The van der Waals surface area contributed by atoms with E-state index in [9.17, 15) is 4.79 Å². The molecule has 0 aliphatic heterocycles. The number of aliphatic carboxylic acids is 1. The minimum absolute atomic E-state index is 0.144. The average molecular weight is 259 g/mol. The minimum atomic E-state index is -0.777. The van der Waals surface area contributed by atoms with Crippen LogP contribution in [0.25, 0.3) is 5.69 Å². The second-order valence-electron chi connectivity index (χ2n) is 4.49. The van der Waals surface area contributed by atoms with Crippen molar-refractivity contribution < 1.29 is 9.90 Å². The number of carboxylic acid groups (broad SMARTS) is 1. The van der Waals surface area contributed by atoms with Gasteiger partial charge in [0, 0.05) is 12.8 Å². The van der Waals surface area contributed by atoms with Crippen LogP contribution in [-0.4, -0.2) is 25.8 Å². The summed E-state index contributed by atoms with van der Waals surface area (Å²) in [6, 6.07) is 5.99. The van der Waals surface area contributed by atoms with Gasteiger partial charge >= 0.3 is 5.97 Å². The molecule has 2 aromatic rings. The topological polar surface area (TPSA) is 68.0 Å². The number of hydrogen-bond acceptors (Lipinski definition) is 3. The van der Waals surface area contributed by atoms with Crippen LogP contribution >= 0.6 is 0 Å². The molecule has 100 valence electrons. The van der Waals surface area contributed by atoms with Crippen LogP contribution in [0.1, 0.15) is 30.3 Å². The van der Waals surface area contributed by atoms with Crippen molar-refractivity contribution in [2.45, 2.75) is 33.1 Å². The first-order valence-corrected chi connectivity index (χ1v) is 6.32. The Kier molecular flexibility index (Phi) is 3.94. The molecule has 0 amide bonds. The molecule has 0 aliphatic carbocycles. The van der Waals surface area contributed by atoms with Crippen LogP contribution in [0.3, 0.4) is 0 Å². The van der Waals surface area contributed by atoms with Gasteiger partial charge in [-0.05, 0) is 30.5 Å². The summed E-state index contributed by atoms with van der Waals surface area (Å²) in [5.41, 5.74) is 3.15. The predicted molar refractivity (Wildman–Crippen MR) is 71.4 cm³/mol. The van der Waals surface area contributed by atoms with Crippen molar-refractivity contribution in [2.24, 2.45) is 0 Å². The molecule has 1 N–H and O–H groups in total. The van der Waals surface area contributed by atoms with Crippen molar-refractivity contribution >= 4 is 5.97 Å². The van der Waals surface area contributed by atoms with Gasteiger partial charge in [0.05, 0.1) is 5.69 Å². The molecular formula is C14H17N3O2. The van der Waals surface area contributed by atoms with Crippen molar-refractivity contribution in [1.29, 1.82) is 0 Å². The first-order valence-electron chi connectivity index (χ1n) is 6.32. The second-order valence-corrected chi connectivity index (χ2v) is 4.49. The fourth-order valence-electron chi connectivity index (χ4n) is 2.02. The lowest BCUT2D eigenvalue weighted by Gasteiger charge is -2.11. The van der Waals surface area contributed by atoms with Crippen LogP contribution in [0.2, 0.25) is 0 Å². The smallest absolute Gasteiger partial charge is 0.303 e. The van der Waals surface area contributed by atoms with Crippen molar-refractivity contribution in [3.8, 4) is 5.69 Å². The lowest BCUT2D eigenvalue weighted by Crippen LogP contribution is -2.03. The van der Waals surface area contributed by atoms with E-state index in [4.69, 9.17) is 5.11 Å². The molecule has 0 bridgehead atoms. The molecule has 2 rings (SSSR count). The number of rotatable bonds is 5. The third kappa shape index (κ3) is 2.99. The number of nitrogens with zero attached hydrogens (tertiary/aromatic N) is 3. The fraction of sp³-hybridized carbons (Fsp3) is 0.357. The van der Waals surface area contributed by atoms with E-state index in [0.29, 0.717) is 6.42 Å². The number of hydrogen-bond donors (Lipinski definition) is 1. The maximum absolute atomic E-state index is 10.6. The summed E-state index contributed by atoms with van der Waals surface area (Å²) in [7, 11) is 0. The highest BCUT2D eigenvalue weighted by Gasteiger charge is 2.08. The Morgan fingerprint density at radius 3 is 2.89 bits per heavy atom. The molecule has 1 heterocycles. The van der Waals surface area contributed by atoms with E-state index in [1.807, 2.05) is 36.6 Å². The van der Waals surface area contributed by atoms with Gasteiger partial charge in [0.1, 0.15) is 12.2 Å². The molecule has 0 spiro atoms. The molecule has 0 saturated carbocycles. The van der Waals surface area contributed by atoms with Crippen LogP contribution in [0.4, 0.5) is 0 Å². The molecule has 1 aromatic carbocycles. The van der Waals surface area contributed by atoms with E-state index in [1.165, 1.54) is 0 Å². The Bertz CT molecular complexity index is 590. The van der Waals surface area contributed by atoms with Crippen LogP contribution in [-0.2, 0) is 17.6 Å². The van der Waals surface area contributed by atoms with Crippen molar-refractivity contribution in [3.05, 3.63) is 41.5 Å².